The Balaban J connectivity index is 1.78. The van der Waals surface area contributed by atoms with Crippen LogP contribution in [0.15, 0.2) is 17.9 Å². The molecule has 0 atom stereocenters. The molecule has 23 heavy (non-hydrogen) atoms. The highest BCUT2D eigenvalue weighted by Gasteiger charge is 2.40. The number of aromatic nitrogens is 3. The molecule has 3 N–H and O–H groups in total. The van der Waals surface area contributed by atoms with Gasteiger partial charge in [-0.1, -0.05) is 19.3 Å². The van der Waals surface area contributed by atoms with E-state index in [2.05, 4.69) is 25.6 Å². The molecule has 0 spiro atoms. The van der Waals surface area contributed by atoms with Crippen molar-refractivity contribution in [2.24, 2.45) is 0 Å². The summed E-state index contributed by atoms with van der Waals surface area (Å²) in [5.41, 5.74) is 0.281. The summed E-state index contributed by atoms with van der Waals surface area (Å²) >= 11 is 1.37. The molecule has 0 aliphatic heterocycles. The summed E-state index contributed by atoms with van der Waals surface area (Å²) in [7, 11) is 1.60. The summed E-state index contributed by atoms with van der Waals surface area (Å²) in [5.74, 6) is -0.438. The van der Waals surface area contributed by atoms with Gasteiger partial charge in [0.15, 0.2) is 0 Å². The maximum Gasteiger partial charge on any atom is 0.271 e. The number of nitrogens with one attached hydrogen (secondary N) is 3. The van der Waals surface area contributed by atoms with Gasteiger partial charge in [0.05, 0.1) is 18.2 Å². The minimum atomic E-state index is -0.818. The van der Waals surface area contributed by atoms with Crippen LogP contribution in [0.3, 0.4) is 0 Å². The second-order valence-corrected chi connectivity index (χ2v) is 6.54. The number of H-pyrrole nitrogens is 1. The number of carbonyl (C=O) groups excluding carboxylic acids is 2. The van der Waals surface area contributed by atoms with Crippen LogP contribution in [0.5, 0.6) is 0 Å². The number of imidazole rings is 1. The molecule has 3 rings (SSSR count). The van der Waals surface area contributed by atoms with Gasteiger partial charge >= 0.3 is 0 Å². The molecule has 2 aromatic heterocycles. The molecule has 2 aromatic rings. The number of thiazole rings is 1. The molecular formula is C15H19N5O2S. The zero-order valence-corrected chi connectivity index (χ0v) is 13.7. The molecule has 2 heterocycles. The lowest BCUT2D eigenvalue weighted by Gasteiger charge is -2.35. The van der Waals surface area contributed by atoms with Crippen LogP contribution >= 0.6 is 11.3 Å². The molecule has 1 aliphatic carbocycles. The van der Waals surface area contributed by atoms with E-state index in [1.807, 2.05) is 0 Å². The zero-order valence-electron chi connectivity index (χ0n) is 12.9. The summed E-state index contributed by atoms with van der Waals surface area (Å²) in [4.78, 5) is 36.1. The Hall–Kier alpha value is -2.22. The standard InChI is InChI=1S/C15H19N5O2S/c1-16-14(22)15(5-3-2-4-6-15)20-12(21)11-8-23-13(19-11)10-7-17-9-18-10/h7-9H,2-6H2,1H3,(H,16,22)(H,17,18)(H,20,21). The first-order valence-electron chi connectivity index (χ1n) is 7.63. The van der Waals surface area contributed by atoms with E-state index in [9.17, 15) is 9.59 Å². The maximum absolute atomic E-state index is 12.5. The maximum atomic E-state index is 12.5. The quantitative estimate of drug-likeness (QED) is 0.793. The first-order chi connectivity index (χ1) is 11.1. The number of carbonyl (C=O) groups is 2. The van der Waals surface area contributed by atoms with Crippen molar-refractivity contribution in [2.45, 2.75) is 37.6 Å². The molecule has 1 fully saturated rings. The largest absolute Gasteiger partial charge is 0.357 e. The van der Waals surface area contributed by atoms with Gasteiger partial charge in [0.2, 0.25) is 5.91 Å². The fourth-order valence-corrected chi connectivity index (χ4v) is 3.73. The normalized spacial score (nSPS) is 16.7. The predicted molar refractivity (Wildman–Crippen MR) is 87.0 cm³/mol. The van der Waals surface area contributed by atoms with Crippen LogP contribution in [0.4, 0.5) is 0 Å². The molecule has 2 amide bonds. The van der Waals surface area contributed by atoms with Crippen molar-refractivity contribution in [2.75, 3.05) is 7.05 Å². The summed E-state index contributed by atoms with van der Waals surface area (Å²) in [6.45, 7) is 0. The Morgan fingerprint density at radius 3 is 2.74 bits per heavy atom. The molecule has 0 radical (unpaired) electrons. The van der Waals surface area contributed by atoms with Crippen molar-refractivity contribution in [1.82, 2.24) is 25.6 Å². The van der Waals surface area contributed by atoms with Gasteiger partial charge in [0, 0.05) is 12.4 Å². The zero-order chi connectivity index (χ0) is 16.3. The van der Waals surface area contributed by atoms with Gasteiger partial charge in [-0.05, 0) is 12.8 Å². The van der Waals surface area contributed by atoms with Gasteiger partial charge in [-0.2, -0.15) is 0 Å². The van der Waals surface area contributed by atoms with Crippen molar-refractivity contribution >= 4 is 23.2 Å². The minimum absolute atomic E-state index is 0.130. The van der Waals surface area contributed by atoms with Crippen molar-refractivity contribution in [3.63, 3.8) is 0 Å². The molecule has 1 aliphatic rings. The topological polar surface area (TPSA) is 99.8 Å². The van der Waals surface area contributed by atoms with E-state index in [0.29, 0.717) is 23.5 Å². The fraction of sp³-hybridized carbons (Fsp3) is 0.467. The molecule has 1 saturated carbocycles. The predicted octanol–water partition coefficient (Wildman–Crippen LogP) is 1.71. The Morgan fingerprint density at radius 1 is 1.30 bits per heavy atom. The van der Waals surface area contributed by atoms with Gasteiger partial charge in [-0.3, -0.25) is 9.59 Å². The van der Waals surface area contributed by atoms with Crippen LogP contribution in [0.2, 0.25) is 0 Å². The molecule has 0 bridgehead atoms. The number of nitrogens with zero attached hydrogens (tertiary/aromatic N) is 2. The third-order valence-corrected chi connectivity index (χ3v) is 5.06. The van der Waals surface area contributed by atoms with Crippen molar-refractivity contribution in [3.05, 3.63) is 23.6 Å². The number of rotatable bonds is 4. The van der Waals surface area contributed by atoms with Crippen LogP contribution in [-0.4, -0.2) is 39.4 Å². The van der Waals surface area contributed by atoms with E-state index in [0.717, 1.165) is 25.0 Å². The molecule has 7 nitrogen and oxygen atoms in total. The highest BCUT2D eigenvalue weighted by molar-refractivity contribution is 7.13. The number of likely N-dealkylation sites (N-methyl/N-ethyl adjacent to an activating group) is 1. The minimum Gasteiger partial charge on any atom is -0.357 e. The number of aromatic amines is 1. The molecule has 0 unspecified atom stereocenters. The average Bonchev–Trinajstić information content (AvgIpc) is 3.25. The summed E-state index contributed by atoms with van der Waals surface area (Å²) < 4.78 is 0. The summed E-state index contributed by atoms with van der Waals surface area (Å²) in [6, 6.07) is 0. The van der Waals surface area contributed by atoms with Gasteiger partial charge < -0.3 is 15.6 Å². The van der Waals surface area contributed by atoms with Crippen molar-refractivity contribution in [3.8, 4) is 10.7 Å². The Bertz CT molecular complexity index is 689. The van der Waals surface area contributed by atoms with Crippen molar-refractivity contribution in [1.29, 1.82) is 0 Å². The highest BCUT2D eigenvalue weighted by Crippen LogP contribution is 2.29. The van der Waals surface area contributed by atoms with Crippen molar-refractivity contribution < 1.29 is 9.59 Å². The number of hydrogen-bond donors (Lipinski definition) is 3. The van der Waals surface area contributed by atoms with Gasteiger partial charge in [-0.25, -0.2) is 9.97 Å². The van der Waals surface area contributed by atoms with E-state index >= 15 is 0 Å². The Morgan fingerprint density at radius 2 is 2.09 bits per heavy atom. The molecule has 0 aromatic carbocycles. The van der Waals surface area contributed by atoms with Gasteiger partial charge in [0.25, 0.3) is 5.91 Å². The fourth-order valence-electron chi connectivity index (χ4n) is 2.96. The number of amides is 2. The van der Waals surface area contributed by atoms with E-state index < -0.39 is 5.54 Å². The lowest BCUT2D eigenvalue weighted by atomic mass is 9.80. The third-order valence-electron chi connectivity index (χ3n) is 4.19. The van der Waals surface area contributed by atoms with Crippen LogP contribution in [0, 0.1) is 0 Å². The highest BCUT2D eigenvalue weighted by atomic mass is 32.1. The Kier molecular flexibility index (Phi) is 4.42. The molecule has 122 valence electrons. The second kappa shape index (κ2) is 6.49. The van der Waals surface area contributed by atoms with Crippen LogP contribution in [0.1, 0.15) is 42.6 Å². The molecule has 8 heteroatoms. The molecular weight excluding hydrogens is 314 g/mol. The van der Waals surface area contributed by atoms with E-state index in [1.165, 1.54) is 11.3 Å². The summed E-state index contributed by atoms with van der Waals surface area (Å²) in [5, 5.41) is 8.00. The van der Waals surface area contributed by atoms with Gasteiger partial charge in [-0.15, -0.1) is 11.3 Å². The average molecular weight is 333 g/mol. The first kappa shape index (κ1) is 15.7. The smallest absolute Gasteiger partial charge is 0.271 e. The lowest BCUT2D eigenvalue weighted by Crippen LogP contribution is -2.59. The monoisotopic (exact) mass is 333 g/mol. The van der Waals surface area contributed by atoms with Crippen LogP contribution in [-0.2, 0) is 4.79 Å². The number of hydrogen-bond acceptors (Lipinski definition) is 5. The summed E-state index contributed by atoms with van der Waals surface area (Å²) in [6.07, 6.45) is 7.52. The first-order valence-corrected chi connectivity index (χ1v) is 8.51. The van der Waals surface area contributed by atoms with E-state index in [4.69, 9.17) is 0 Å². The van der Waals surface area contributed by atoms with E-state index in [-0.39, 0.29) is 11.8 Å². The Labute approximate surface area is 137 Å². The SMILES string of the molecule is CNC(=O)C1(NC(=O)c2csc(-c3cnc[nH]3)n2)CCCCC1. The lowest BCUT2D eigenvalue weighted by molar-refractivity contribution is -0.128. The van der Waals surface area contributed by atoms with Gasteiger partial charge in [0.1, 0.15) is 16.2 Å². The van der Waals surface area contributed by atoms with Crippen LogP contribution < -0.4 is 10.6 Å². The second-order valence-electron chi connectivity index (χ2n) is 5.68. The van der Waals surface area contributed by atoms with Crippen LogP contribution in [0.25, 0.3) is 10.7 Å². The van der Waals surface area contributed by atoms with E-state index in [1.54, 1.807) is 25.0 Å². The molecule has 0 saturated heterocycles. The third kappa shape index (κ3) is 3.12.